The molecular weight excluding hydrogens is 480 g/mol. The molecule has 1 aliphatic rings. The van der Waals surface area contributed by atoms with Crippen molar-refractivity contribution >= 4 is 17.5 Å². The first-order chi connectivity index (χ1) is 18.2. The molecule has 0 bridgehead atoms. The Morgan fingerprint density at radius 3 is 2.39 bits per heavy atom. The highest BCUT2D eigenvalue weighted by Crippen LogP contribution is 2.28. The molecule has 0 radical (unpaired) electrons. The van der Waals surface area contributed by atoms with Gasteiger partial charge >= 0.3 is 0 Å². The largest absolute Gasteiger partial charge is 0.353 e. The average molecular weight is 519 g/mol. The lowest BCUT2D eigenvalue weighted by atomic mass is 10.1. The van der Waals surface area contributed by atoms with Crippen molar-refractivity contribution in [3.8, 4) is 11.4 Å². The minimum absolute atomic E-state index is 0.0303. The number of aryl methyl sites for hydroxylation is 2. The lowest BCUT2D eigenvalue weighted by molar-refractivity contribution is -0.130. The molecule has 4 rings (SSSR count). The molecule has 2 N–H and O–H groups in total. The van der Waals surface area contributed by atoms with E-state index in [1.807, 2.05) is 54.1 Å². The van der Waals surface area contributed by atoms with Crippen LogP contribution in [-0.4, -0.2) is 72.2 Å². The molecule has 9 nitrogen and oxygen atoms in total. The van der Waals surface area contributed by atoms with Crippen molar-refractivity contribution in [1.29, 1.82) is 0 Å². The topological polar surface area (TPSA) is 104 Å². The maximum Gasteiger partial charge on any atom is 0.242 e. The van der Waals surface area contributed by atoms with Crippen LogP contribution in [0.3, 0.4) is 0 Å². The zero-order valence-electron chi connectivity index (χ0n) is 23.0. The molecule has 0 saturated carbocycles. The van der Waals surface area contributed by atoms with Crippen molar-refractivity contribution < 1.29 is 14.1 Å². The first kappa shape index (κ1) is 27.3. The van der Waals surface area contributed by atoms with Crippen molar-refractivity contribution in [3.05, 3.63) is 65.0 Å². The predicted octanol–water partition coefficient (Wildman–Crippen LogP) is 2.90. The summed E-state index contributed by atoms with van der Waals surface area (Å²) in [5.74, 6) is 0.777. The fourth-order valence-electron chi connectivity index (χ4n) is 4.81. The number of amides is 2. The van der Waals surface area contributed by atoms with Crippen LogP contribution in [0.15, 0.2) is 47.0 Å². The van der Waals surface area contributed by atoms with E-state index >= 15 is 0 Å². The number of rotatable bonds is 11. The van der Waals surface area contributed by atoms with E-state index in [4.69, 9.17) is 4.52 Å². The van der Waals surface area contributed by atoms with Gasteiger partial charge in [-0.15, -0.1) is 0 Å². The summed E-state index contributed by atoms with van der Waals surface area (Å²) in [6, 6.07) is 14.6. The first-order valence-electron chi connectivity index (χ1n) is 13.2. The minimum atomic E-state index is -0.139. The number of nitrogens with zero attached hydrogens (tertiary/aromatic N) is 4. The Labute approximate surface area is 224 Å². The number of hydrogen-bond acceptors (Lipinski definition) is 7. The molecule has 0 spiro atoms. The van der Waals surface area contributed by atoms with Crippen LogP contribution in [0.1, 0.15) is 36.4 Å². The van der Waals surface area contributed by atoms with Crippen LogP contribution in [0.4, 0.5) is 5.69 Å². The number of benzene rings is 2. The quantitative estimate of drug-likeness (QED) is 0.376. The minimum Gasteiger partial charge on any atom is -0.353 e. The van der Waals surface area contributed by atoms with Crippen LogP contribution in [0.25, 0.3) is 11.4 Å². The molecule has 0 aliphatic heterocycles. The first-order valence-corrected chi connectivity index (χ1v) is 13.2. The zero-order chi connectivity index (χ0) is 27.2. The lowest BCUT2D eigenvalue weighted by Gasteiger charge is -2.30. The second kappa shape index (κ2) is 12.2. The summed E-state index contributed by atoms with van der Waals surface area (Å²) in [6.07, 6.45) is 1.68. The number of hydrogen-bond donors (Lipinski definition) is 2. The fourth-order valence-corrected chi connectivity index (χ4v) is 4.81. The van der Waals surface area contributed by atoms with Crippen LogP contribution in [-0.2, 0) is 22.4 Å². The van der Waals surface area contributed by atoms with Gasteiger partial charge in [-0.3, -0.25) is 9.59 Å². The van der Waals surface area contributed by atoms with Crippen LogP contribution >= 0.6 is 0 Å². The summed E-state index contributed by atoms with van der Waals surface area (Å²) in [4.78, 5) is 34.5. The Bertz CT molecular complexity index is 1250. The molecule has 38 heavy (non-hydrogen) atoms. The summed E-state index contributed by atoms with van der Waals surface area (Å²) >= 11 is 0. The van der Waals surface area contributed by atoms with E-state index in [1.54, 1.807) is 6.92 Å². The van der Waals surface area contributed by atoms with Crippen molar-refractivity contribution in [2.45, 2.75) is 52.6 Å². The van der Waals surface area contributed by atoms with Gasteiger partial charge < -0.3 is 25.0 Å². The highest BCUT2D eigenvalue weighted by molar-refractivity contribution is 5.87. The third-order valence-electron chi connectivity index (χ3n) is 6.97. The Morgan fingerprint density at radius 2 is 1.76 bits per heavy atom. The smallest absolute Gasteiger partial charge is 0.242 e. The average Bonchev–Trinajstić information content (AvgIpc) is 3.52. The van der Waals surface area contributed by atoms with E-state index in [2.05, 4.69) is 46.8 Å². The van der Waals surface area contributed by atoms with E-state index in [-0.39, 0.29) is 30.9 Å². The van der Waals surface area contributed by atoms with Crippen LogP contribution in [0.2, 0.25) is 0 Å². The molecule has 2 aromatic carbocycles. The maximum atomic E-state index is 13.6. The number of nitrogens with one attached hydrogen (secondary N) is 2. The number of aromatic nitrogens is 2. The Balaban J connectivity index is 1.52. The standard InChI is InChI=1S/C29H38N6O3/c1-19(2)30-12-13-31-27(36)17-35(26-16-24(11-10-20(26)3)29-32-21(4)38-33-29)18-28(37)34(5)25-14-22-8-6-7-9-23(22)15-25/h6-11,16,19,25,30H,12-15,17-18H2,1-5H3,(H,31,36). The third-order valence-corrected chi connectivity index (χ3v) is 6.97. The summed E-state index contributed by atoms with van der Waals surface area (Å²) in [6.45, 7) is 9.18. The highest BCUT2D eigenvalue weighted by atomic mass is 16.5. The Kier molecular flexibility index (Phi) is 8.78. The second-order valence-corrected chi connectivity index (χ2v) is 10.3. The number of carbonyl (C=O) groups excluding carboxylic acids is 2. The van der Waals surface area contributed by atoms with E-state index in [0.29, 0.717) is 30.8 Å². The van der Waals surface area contributed by atoms with E-state index in [9.17, 15) is 9.59 Å². The van der Waals surface area contributed by atoms with Gasteiger partial charge in [-0.2, -0.15) is 4.98 Å². The summed E-state index contributed by atoms with van der Waals surface area (Å²) in [5, 5.41) is 10.3. The van der Waals surface area contributed by atoms with Gasteiger partial charge in [0, 0.05) is 50.4 Å². The highest BCUT2D eigenvalue weighted by Gasteiger charge is 2.29. The zero-order valence-corrected chi connectivity index (χ0v) is 23.0. The van der Waals surface area contributed by atoms with Crippen LogP contribution in [0.5, 0.6) is 0 Å². The summed E-state index contributed by atoms with van der Waals surface area (Å²) in [7, 11) is 1.86. The van der Waals surface area contributed by atoms with Crippen molar-refractivity contribution in [2.24, 2.45) is 0 Å². The Morgan fingerprint density at radius 1 is 1.05 bits per heavy atom. The molecule has 202 valence electrons. The molecule has 9 heteroatoms. The molecule has 0 saturated heterocycles. The van der Waals surface area contributed by atoms with Gasteiger partial charge in [0.1, 0.15) is 0 Å². The summed E-state index contributed by atoms with van der Waals surface area (Å²) in [5.41, 5.74) is 5.09. The van der Waals surface area contributed by atoms with E-state index < -0.39 is 0 Å². The maximum absolute atomic E-state index is 13.6. The monoisotopic (exact) mass is 518 g/mol. The van der Waals surface area contributed by atoms with Gasteiger partial charge in [0.15, 0.2) is 0 Å². The predicted molar refractivity (Wildman–Crippen MR) is 148 cm³/mol. The molecule has 0 atom stereocenters. The molecule has 0 fully saturated rings. The third kappa shape index (κ3) is 6.77. The number of anilines is 1. The van der Waals surface area contributed by atoms with Gasteiger partial charge in [-0.1, -0.05) is 55.4 Å². The van der Waals surface area contributed by atoms with Gasteiger partial charge in [0.05, 0.1) is 13.1 Å². The van der Waals surface area contributed by atoms with Gasteiger partial charge in [-0.05, 0) is 42.5 Å². The normalized spacial score (nSPS) is 13.0. The summed E-state index contributed by atoms with van der Waals surface area (Å²) < 4.78 is 5.16. The van der Waals surface area contributed by atoms with E-state index in [1.165, 1.54) is 11.1 Å². The molecule has 0 unspecified atom stereocenters. The van der Waals surface area contributed by atoms with Crippen LogP contribution in [0, 0.1) is 13.8 Å². The van der Waals surface area contributed by atoms with Crippen molar-refractivity contribution in [2.75, 3.05) is 38.1 Å². The van der Waals surface area contributed by atoms with Crippen molar-refractivity contribution in [1.82, 2.24) is 25.7 Å². The molecular formula is C29H38N6O3. The molecule has 1 heterocycles. The molecule has 3 aromatic rings. The number of likely N-dealkylation sites (N-methyl/N-ethyl adjacent to an activating group) is 1. The second-order valence-electron chi connectivity index (χ2n) is 10.3. The van der Waals surface area contributed by atoms with E-state index in [0.717, 1.165) is 29.7 Å². The molecule has 1 aliphatic carbocycles. The molecule has 1 aromatic heterocycles. The lowest BCUT2D eigenvalue weighted by Crippen LogP contribution is -2.47. The number of carbonyl (C=O) groups is 2. The Hall–Kier alpha value is -3.72. The van der Waals surface area contributed by atoms with Gasteiger partial charge in [-0.25, -0.2) is 0 Å². The van der Waals surface area contributed by atoms with Crippen LogP contribution < -0.4 is 15.5 Å². The fraction of sp³-hybridized carbons (Fsp3) is 0.448. The molecule has 2 amide bonds. The van der Waals surface area contributed by atoms with Gasteiger partial charge in [0.2, 0.25) is 23.5 Å². The SMILES string of the molecule is Cc1nc(-c2ccc(C)c(N(CC(=O)NCCNC(C)C)CC(=O)N(C)C3Cc4ccccc4C3)c2)no1. The van der Waals surface area contributed by atoms with Crippen molar-refractivity contribution in [3.63, 3.8) is 0 Å². The number of fused-ring (bicyclic) bond motifs is 1. The van der Waals surface area contributed by atoms with Gasteiger partial charge in [0.25, 0.3) is 0 Å².